The van der Waals surface area contributed by atoms with Crippen LogP contribution in [0.2, 0.25) is 0 Å². The Labute approximate surface area is 252 Å². The molecule has 3 aromatic rings. The summed E-state index contributed by atoms with van der Waals surface area (Å²) < 4.78 is 11.5. The highest BCUT2D eigenvalue weighted by molar-refractivity contribution is 6.13. The molecule has 0 saturated carbocycles. The maximum absolute atomic E-state index is 13.5. The summed E-state index contributed by atoms with van der Waals surface area (Å²) in [6.07, 6.45) is 2.84. The van der Waals surface area contributed by atoms with Gasteiger partial charge in [0.2, 0.25) is 0 Å². The van der Waals surface area contributed by atoms with Crippen LogP contribution in [0.15, 0.2) is 54.7 Å². The van der Waals surface area contributed by atoms with Gasteiger partial charge in [-0.05, 0) is 64.2 Å². The van der Waals surface area contributed by atoms with Crippen molar-refractivity contribution >= 4 is 46.4 Å². The SMILES string of the molecule is CCOc1cc(C(=O)N2CCC[C@H](OC(=O)CN(C)C)C2)ccc1Nc1cc2c(cn1)N(C)C(=O)c1ccccc1N2C. The molecule has 1 fully saturated rings. The summed E-state index contributed by atoms with van der Waals surface area (Å²) in [5, 5.41) is 3.34. The summed E-state index contributed by atoms with van der Waals surface area (Å²) in [6.45, 7) is 3.44. The van der Waals surface area contributed by atoms with Crippen molar-refractivity contribution in [2.45, 2.75) is 25.9 Å². The molecule has 11 heteroatoms. The maximum Gasteiger partial charge on any atom is 0.320 e. The predicted octanol–water partition coefficient (Wildman–Crippen LogP) is 4.29. The van der Waals surface area contributed by atoms with Crippen LogP contribution in [0.3, 0.4) is 0 Å². The molecule has 1 aromatic heterocycles. The third kappa shape index (κ3) is 6.41. The van der Waals surface area contributed by atoms with Crippen molar-refractivity contribution in [1.29, 1.82) is 0 Å². The topological polar surface area (TPSA) is 108 Å². The molecule has 5 rings (SSSR count). The lowest BCUT2D eigenvalue weighted by Crippen LogP contribution is -2.44. The smallest absolute Gasteiger partial charge is 0.320 e. The van der Waals surface area contributed by atoms with E-state index < -0.39 is 0 Å². The van der Waals surface area contributed by atoms with Crippen molar-refractivity contribution < 1.29 is 23.9 Å². The molecular weight excluding hydrogens is 548 g/mol. The maximum atomic E-state index is 13.5. The number of aromatic nitrogens is 1. The number of hydrogen-bond acceptors (Lipinski definition) is 9. The first-order chi connectivity index (χ1) is 20.7. The van der Waals surface area contributed by atoms with E-state index in [0.29, 0.717) is 53.8 Å². The molecular formula is C32H38N6O5. The van der Waals surface area contributed by atoms with E-state index in [0.717, 1.165) is 24.2 Å². The average molecular weight is 587 g/mol. The number of ether oxygens (including phenoxy) is 2. The molecule has 2 aromatic carbocycles. The van der Waals surface area contributed by atoms with Crippen LogP contribution in [0.4, 0.5) is 28.6 Å². The van der Waals surface area contributed by atoms with E-state index in [4.69, 9.17) is 9.47 Å². The number of likely N-dealkylation sites (tertiary alicyclic amines) is 1. The van der Waals surface area contributed by atoms with Gasteiger partial charge in [0.05, 0.1) is 54.2 Å². The van der Waals surface area contributed by atoms with Crippen molar-refractivity contribution in [2.75, 3.05) is 69.5 Å². The molecule has 11 nitrogen and oxygen atoms in total. The van der Waals surface area contributed by atoms with Gasteiger partial charge in [0.1, 0.15) is 17.7 Å². The van der Waals surface area contributed by atoms with E-state index in [1.165, 1.54) is 0 Å². The highest BCUT2D eigenvalue weighted by Crippen LogP contribution is 2.40. The number of pyridine rings is 1. The Morgan fingerprint density at radius 1 is 1.05 bits per heavy atom. The van der Waals surface area contributed by atoms with Gasteiger partial charge in [0, 0.05) is 32.3 Å². The van der Waals surface area contributed by atoms with E-state index in [9.17, 15) is 14.4 Å². The zero-order valence-electron chi connectivity index (χ0n) is 25.3. The van der Waals surface area contributed by atoms with Crippen LogP contribution in [-0.2, 0) is 9.53 Å². The Hall–Kier alpha value is -4.64. The normalized spacial score (nSPS) is 16.4. The first kappa shape index (κ1) is 29.8. The Balaban J connectivity index is 1.36. The lowest BCUT2D eigenvalue weighted by atomic mass is 10.1. The van der Waals surface area contributed by atoms with Crippen LogP contribution >= 0.6 is 0 Å². The van der Waals surface area contributed by atoms with Crippen LogP contribution in [-0.4, -0.2) is 93.1 Å². The molecule has 0 unspecified atom stereocenters. The largest absolute Gasteiger partial charge is 0.492 e. The fraction of sp³-hybridized carbons (Fsp3) is 0.375. The second-order valence-electron chi connectivity index (χ2n) is 11.0. The lowest BCUT2D eigenvalue weighted by molar-refractivity contribution is -0.151. The third-order valence-electron chi connectivity index (χ3n) is 7.58. The van der Waals surface area contributed by atoms with Gasteiger partial charge in [-0.2, -0.15) is 0 Å². The van der Waals surface area contributed by atoms with Crippen LogP contribution in [0, 0.1) is 0 Å². The van der Waals surface area contributed by atoms with Crippen LogP contribution in [0.1, 0.15) is 40.5 Å². The molecule has 226 valence electrons. The fourth-order valence-electron chi connectivity index (χ4n) is 5.45. The number of rotatable bonds is 8. The van der Waals surface area contributed by atoms with E-state index in [1.807, 2.05) is 63.3 Å². The predicted molar refractivity (Wildman–Crippen MR) is 166 cm³/mol. The zero-order chi connectivity index (χ0) is 30.7. The number of amides is 2. The summed E-state index contributed by atoms with van der Waals surface area (Å²) in [6, 6.07) is 14.7. The van der Waals surface area contributed by atoms with E-state index in [2.05, 4.69) is 10.3 Å². The molecule has 2 aliphatic heterocycles. The number of benzene rings is 2. The molecule has 1 N–H and O–H groups in total. The summed E-state index contributed by atoms with van der Waals surface area (Å²) in [5.41, 5.74) is 4.06. The molecule has 3 heterocycles. The number of carbonyl (C=O) groups is 3. The van der Waals surface area contributed by atoms with Gasteiger partial charge in [-0.1, -0.05) is 12.1 Å². The minimum absolute atomic E-state index is 0.102. The van der Waals surface area contributed by atoms with Crippen LogP contribution < -0.4 is 19.9 Å². The molecule has 1 atom stereocenters. The summed E-state index contributed by atoms with van der Waals surface area (Å²) in [5.74, 6) is 0.538. The van der Waals surface area contributed by atoms with Crippen molar-refractivity contribution in [2.24, 2.45) is 0 Å². The molecule has 0 bridgehead atoms. The van der Waals surface area contributed by atoms with Crippen molar-refractivity contribution in [1.82, 2.24) is 14.8 Å². The number of fused-ring (bicyclic) bond motifs is 2. The standard InChI is InChI=1S/C32H38N6O5/c1-6-42-28-16-21(31(40)38-15-9-10-22(19-38)43-30(39)20-35(2)3)13-14-24(28)34-29-17-26-27(18-33-29)37(5)32(41)23-11-7-8-12-25(23)36(26)4/h7-8,11-14,16-18,22H,6,9-10,15,19-20H2,1-5H3,(H,33,34)/t22-/m0/s1. The van der Waals surface area contributed by atoms with Crippen molar-refractivity contribution in [3.05, 3.63) is 65.9 Å². The van der Waals surface area contributed by atoms with Crippen molar-refractivity contribution in [3.63, 3.8) is 0 Å². The Bertz CT molecular complexity index is 1530. The zero-order valence-corrected chi connectivity index (χ0v) is 25.3. The molecule has 43 heavy (non-hydrogen) atoms. The van der Waals surface area contributed by atoms with Gasteiger partial charge in [0.25, 0.3) is 11.8 Å². The second-order valence-corrected chi connectivity index (χ2v) is 11.0. The second kappa shape index (κ2) is 12.7. The molecule has 1 saturated heterocycles. The molecule has 2 amide bonds. The number of piperidine rings is 1. The Morgan fingerprint density at radius 2 is 1.84 bits per heavy atom. The number of nitrogens with zero attached hydrogens (tertiary/aromatic N) is 5. The number of esters is 1. The monoisotopic (exact) mass is 586 g/mol. The van der Waals surface area contributed by atoms with Gasteiger partial charge in [-0.3, -0.25) is 19.3 Å². The first-order valence-corrected chi connectivity index (χ1v) is 14.4. The van der Waals surface area contributed by atoms with Gasteiger partial charge in [0.15, 0.2) is 0 Å². The number of para-hydroxylation sites is 1. The minimum Gasteiger partial charge on any atom is -0.492 e. The quantitative estimate of drug-likeness (QED) is 0.387. The summed E-state index contributed by atoms with van der Waals surface area (Å²) >= 11 is 0. The lowest BCUT2D eigenvalue weighted by Gasteiger charge is -2.32. The highest BCUT2D eigenvalue weighted by atomic mass is 16.5. The van der Waals surface area contributed by atoms with Gasteiger partial charge >= 0.3 is 5.97 Å². The number of carbonyl (C=O) groups excluding carboxylic acids is 3. The van der Waals surface area contributed by atoms with Gasteiger partial charge in [-0.25, -0.2) is 4.98 Å². The van der Waals surface area contributed by atoms with Gasteiger partial charge < -0.3 is 29.5 Å². The summed E-state index contributed by atoms with van der Waals surface area (Å²) in [4.78, 5) is 50.4. The van der Waals surface area contributed by atoms with E-state index in [1.54, 1.807) is 46.1 Å². The molecule has 0 spiro atoms. The van der Waals surface area contributed by atoms with E-state index in [-0.39, 0.29) is 30.4 Å². The fourth-order valence-corrected chi connectivity index (χ4v) is 5.45. The Kier molecular flexibility index (Phi) is 8.81. The number of likely N-dealkylation sites (N-methyl/N-ethyl adjacent to an activating group) is 1. The van der Waals surface area contributed by atoms with Crippen LogP contribution in [0.5, 0.6) is 5.75 Å². The number of anilines is 5. The number of nitrogens with one attached hydrogen (secondary N) is 1. The first-order valence-electron chi connectivity index (χ1n) is 14.4. The van der Waals surface area contributed by atoms with Crippen molar-refractivity contribution in [3.8, 4) is 5.75 Å². The van der Waals surface area contributed by atoms with Crippen LogP contribution in [0.25, 0.3) is 0 Å². The molecule has 2 aliphatic rings. The van der Waals surface area contributed by atoms with E-state index >= 15 is 0 Å². The van der Waals surface area contributed by atoms with Gasteiger partial charge in [-0.15, -0.1) is 0 Å². The minimum atomic E-state index is -0.323. The molecule has 0 aliphatic carbocycles. The number of hydrogen-bond donors (Lipinski definition) is 1. The third-order valence-corrected chi connectivity index (χ3v) is 7.58. The molecule has 0 radical (unpaired) electrons. The average Bonchev–Trinajstić information content (AvgIpc) is 3.07. The summed E-state index contributed by atoms with van der Waals surface area (Å²) in [7, 11) is 7.29. The Morgan fingerprint density at radius 3 is 2.60 bits per heavy atom. The highest BCUT2D eigenvalue weighted by Gasteiger charge is 2.29.